The molecule has 0 radical (unpaired) electrons. The quantitative estimate of drug-likeness (QED) is 0.604. The number of hydrogen-bond acceptors (Lipinski definition) is 2. The standard InChI is InChI=1S/C10H8N2O/c13-10-3-1-8-7(2-5-11-8)9(10)12-6-4-10/h1-6,11,13H. The highest BCUT2D eigenvalue weighted by Crippen LogP contribution is 2.30. The van der Waals surface area contributed by atoms with Crippen LogP contribution >= 0.6 is 0 Å². The minimum atomic E-state index is -0.977. The lowest BCUT2D eigenvalue weighted by Gasteiger charge is -2.22. The summed E-state index contributed by atoms with van der Waals surface area (Å²) in [6, 6.07) is 1.93. The van der Waals surface area contributed by atoms with E-state index in [0.29, 0.717) is 5.71 Å². The second-order valence-electron chi connectivity index (χ2n) is 3.26. The van der Waals surface area contributed by atoms with Gasteiger partial charge >= 0.3 is 0 Å². The number of nitrogens with zero attached hydrogens (tertiary/aromatic N) is 1. The van der Waals surface area contributed by atoms with Crippen LogP contribution in [0.25, 0.3) is 6.08 Å². The van der Waals surface area contributed by atoms with Gasteiger partial charge in [0.05, 0.1) is 5.71 Å². The van der Waals surface area contributed by atoms with Gasteiger partial charge in [-0.1, -0.05) is 0 Å². The van der Waals surface area contributed by atoms with E-state index >= 15 is 0 Å². The Morgan fingerprint density at radius 3 is 3.23 bits per heavy atom. The molecule has 1 aliphatic heterocycles. The van der Waals surface area contributed by atoms with Gasteiger partial charge in [0, 0.05) is 23.7 Å². The summed E-state index contributed by atoms with van der Waals surface area (Å²) in [7, 11) is 0. The van der Waals surface area contributed by atoms with Crippen LogP contribution in [0.4, 0.5) is 0 Å². The predicted octanol–water partition coefficient (Wildman–Crippen LogP) is 1.09. The molecule has 0 saturated heterocycles. The highest BCUT2D eigenvalue weighted by Gasteiger charge is 2.35. The summed E-state index contributed by atoms with van der Waals surface area (Å²) in [6.45, 7) is 0. The van der Waals surface area contributed by atoms with Crippen LogP contribution in [-0.4, -0.2) is 21.4 Å². The third kappa shape index (κ3) is 0.742. The van der Waals surface area contributed by atoms with Crippen LogP contribution in [0.2, 0.25) is 0 Å². The van der Waals surface area contributed by atoms with Gasteiger partial charge in [0.15, 0.2) is 0 Å². The molecular formula is C10H8N2O. The lowest BCUT2D eigenvalue weighted by molar-refractivity contribution is 0.217. The van der Waals surface area contributed by atoms with Gasteiger partial charge in [-0.2, -0.15) is 0 Å². The topological polar surface area (TPSA) is 48.4 Å². The smallest absolute Gasteiger partial charge is 0.146 e. The Morgan fingerprint density at radius 2 is 2.31 bits per heavy atom. The number of rotatable bonds is 0. The molecule has 0 aromatic carbocycles. The van der Waals surface area contributed by atoms with E-state index < -0.39 is 5.60 Å². The van der Waals surface area contributed by atoms with Crippen molar-refractivity contribution >= 4 is 11.8 Å². The van der Waals surface area contributed by atoms with Crippen LogP contribution in [0.3, 0.4) is 0 Å². The minimum absolute atomic E-state index is 0.714. The molecule has 1 unspecified atom stereocenters. The maximum atomic E-state index is 10.1. The molecule has 1 aromatic heterocycles. The Kier molecular flexibility index (Phi) is 1.06. The Morgan fingerprint density at radius 1 is 1.38 bits per heavy atom. The summed E-state index contributed by atoms with van der Waals surface area (Å²) in [5, 5.41) is 10.1. The maximum Gasteiger partial charge on any atom is 0.146 e. The molecule has 0 bridgehead atoms. The Balaban J connectivity index is 2.29. The van der Waals surface area contributed by atoms with Crippen LogP contribution in [-0.2, 0) is 0 Å². The molecule has 1 atom stereocenters. The molecule has 2 heterocycles. The molecule has 0 amide bonds. The summed E-state index contributed by atoms with van der Waals surface area (Å²) in [5.41, 5.74) is 1.73. The van der Waals surface area contributed by atoms with E-state index in [-0.39, 0.29) is 0 Å². The highest BCUT2D eigenvalue weighted by atomic mass is 16.3. The van der Waals surface area contributed by atoms with E-state index in [1.54, 1.807) is 18.4 Å². The molecule has 3 heteroatoms. The molecule has 1 aromatic rings. The van der Waals surface area contributed by atoms with Gasteiger partial charge in [0.1, 0.15) is 5.60 Å². The molecule has 64 valence electrons. The molecule has 3 nitrogen and oxygen atoms in total. The number of fused-ring (bicyclic) bond motifs is 3. The first-order valence-corrected chi connectivity index (χ1v) is 4.15. The molecule has 13 heavy (non-hydrogen) atoms. The number of nitrogens with one attached hydrogen (secondary N) is 1. The third-order valence-corrected chi connectivity index (χ3v) is 2.45. The van der Waals surface area contributed by atoms with Crippen LogP contribution in [0, 0.1) is 0 Å². The first-order chi connectivity index (χ1) is 6.30. The predicted molar refractivity (Wildman–Crippen MR) is 50.5 cm³/mol. The Labute approximate surface area is 75.1 Å². The average molecular weight is 172 g/mol. The van der Waals surface area contributed by atoms with Crippen molar-refractivity contribution in [1.82, 2.24) is 4.98 Å². The maximum absolute atomic E-state index is 10.1. The minimum Gasteiger partial charge on any atom is -0.376 e. The van der Waals surface area contributed by atoms with Crippen molar-refractivity contribution in [3.05, 3.63) is 41.9 Å². The number of hydrogen-bond donors (Lipinski definition) is 2. The van der Waals surface area contributed by atoms with E-state index in [1.807, 2.05) is 18.3 Å². The average Bonchev–Trinajstić information content (AvgIpc) is 2.66. The highest BCUT2D eigenvalue weighted by molar-refractivity contribution is 6.14. The second-order valence-corrected chi connectivity index (χ2v) is 3.26. The van der Waals surface area contributed by atoms with Crippen molar-refractivity contribution in [1.29, 1.82) is 0 Å². The van der Waals surface area contributed by atoms with Crippen molar-refractivity contribution in [3.8, 4) is 0 Å². The normalized spacial score (nSPS) is 28.5. The summed E-state index contributed by atoms with van der Waals surface area (Å²) >= 11 is 0. The summed E-state index contributed by atoms with van der Waals surface area (Å²) in [5.74, 6) is 0. The SMILES string of the molecule is OC12C=CN=C1c1cc[nH]c1C=C2. The largest absolute Gasteiger partial charge is 0.376 e. The van der Waals surface area contributed by atoms with Crippen molar-refractivity contribution in [2.75, 3.05) is 0 Å². The number of aliphatic hydroxyl groups is 1. The molecule has 3 rings (SSSR count). The van der Waals surface area contributed by atoms with Crippen LogP contribution in [0.1, 0.15) is 11.3 Å². The summed E-state index contributed by atoms with van der Waals surface area (Å²) < 4.78 is 0. The molecule has 2 aliphatic rings. The fourth-order valence-electron chi connectivity index (χ4n) is 1.76. The van der Waals surface area contributed by atoms with Gasteiger partial charge in [-0.25, -0.2) is 0 Å². The Hall–Kier alpha value is -1.61. The van der Waals surface area contributed by atoms with E-state index in [4.69, 9.17) is 0 Å². The van der Waals surface area contributed by atoms with Crippen LogP contribution in [0.5, 0.6) is 0 Å². The van der Waals surface area contributed by atoms with E-state index in [9.17, 15) is 5.11 Å². The zero-order valence-electron chi connectivity index (χ0n) is 6.86. The lowest BCUT2D eigenvalue weighted by Crippen LogP contribution is -2.34. The van der Waals surface area contributed by atoms with Crippen molar-refractivity contribution < 1.29 is 5.11 Å². The number of aromatic amines is 1. The number of aromatic nitrogens is 1. The number of aliphatic imine (C=N–C) groups is 1. The monoisotopic (exact) mass is 172 g/mol. The summed E-state index contributed by atoms with van der Waals surface area (Å²) in [6.07, 6.45) is 8.80. The first kappa shape index (κ1) is 6.86. The van der Waals surface area contributed by atoms with E-state index in [1.165, 1.54) is 0 Å². The molecule has 2 N–H and O–H groups in total. The zero-order chi connectivity index (χ0) is 8.89. The van der Waals surface area contributed by atoms with Gasteiger partial charge in [0.25, 0.3) is 0 Å². The van der Waals surface area contributed by atoms with Crippen LogP contribution < -0.4 is 0 Å². The lowest BCUT2D eigenvalue weighted by atomic mass is 9.88. The summed E-state index contributed by atoms with van der Waals surface area (Å²) in [4.78, 5) is 7.24. The van der Waals surface area contributed by atoms with Gasteiger partial charge in [-0.15, -0.1) is 0 Å². The van der Waals surface area contributed by atoms with Crippen LogP contribution in [0.15, 0.2) is 35.6 Å². The fraction of sp³-hybridized carbons (Fsp3) is 0.100. The molecule has 1 aliphatic carbocycles. The molecule has 0 spiro atoms. The zero-order valence-corrected chi connectivity index (χ0v) is 6.86. The van der Waals surface area contributed by atoms with Crippen molar-refractivity contribution in [2.45, 2.75) is 5.60 Å². The van der Waals surface area contributed by atoms with E-state index in [2.05, 4.69) is 9.98 Å². The van der Waals surface area contributed by atoms with Crippen molar-refractivity contribution in [2.24, 2.45) is 4.99 Å². The molecule has 0 fully saturated rings. The second kappa shape index (κ2) is 2.00. The van der Waals surface area contributed by atoms with E-state index in [0.717, 1.165) is 11.3 Å². The molecule has 0 saturated carbocycles. The molecular weight excluding hydrogens is 164 g/mol. The third-order valence-electron chi connectivity index (χ3n) is 2.45. The van der Waals surface area contributed by atoms with Gasteiger partial charge < -0.3 is 10.1 Å². The van der Waals surface area contributed by atoms with Gasteiger partial charge in [-0.05, 0) is 24.3 Å². The van der Waals surface area contributed by atoms with Crippen molar-refractivity contribution in [3.63, 3.8) is 0 Å². The van der Waals surface area contributed by atoms with Gasteiger partial charge in [-0.3, -0.25) is 4.99 Å². The fourth-order valence-corrected chi connectivity index (χ4v) is 1.76. The van der Waals surface area contributed by atoms with Gasteiger partial charge in [0.2, 0.25) is 0 Å². The first-order valence-electron chi connectivity index (χ1n) is 4.15. The Bertz CT molecular complexity index is 453. The number of H-pyrrole nitrogens is 1.